The lowest BCUT2D eigenvalue weighted by molar-refractivity contribution is -0.313. The molecule has 0 aromatic carbocycles. The van der Waals surface area contributed by atoms with Gasteiger partial charge in [-0.3, -0.25) is 0 Å². The van der Waals surface area contributed by atoms with Gasteiger partial charge in [0.25, 0.3) is 0 Å². The molecule has 13 heavy (non-hydrogen) atoms. The first kappa shape index (κ1) is 12.2. The first-order valence-electron chi connectivity index (χ1n) is 2.46. The van der Waals surface area contributed by atoms with E-state index in [1.807, 2.05) is 0 Å². The quantitative estimate of drug-likeness (QED) is 0.536. The summed E-state index contributed by atoms with van der Waals surface area (Å²) < 4.78 is 72.9. The zero-order valence-corrected chi connectivity index (χ0v) is 6.30. The van der Waals surface area contributed by atoms with Crippen LogP contribution >= 0.6 is 11.6 Å². The maximum Gasteiger partial charge on any atom is 0.573 e. The molecule has 0 N–H and O–H groups in total. The predicted molar refractivity (Wildman–Crippen MR) is 28.2 cm³/mol. The van der Waals surface area contributed by atoms with Crippen LogP contribution in [-0.2, 0) is 9.47 Å². The van der Waals surface area contributed by atoms with Crippen molar-refractivity contribution in [1.82, 2.24) is 0 Å². The molecule has 0 aliphatic rings. The van der Waals surface area contributed by atoms with Gasteiger partial charge in [-0.25, -0.2) is 0 Å². The third-order valence-corrected chi connectivity index (χ3v) is 0.665. The Labute approximate surface area is 72.7 Å². The largest absolute Gasteiger partial charge is 0.573 e. The van der Waals surface area contributed by atoms with Gasteiger partial charge in [0.05, 0.1) is 0 Å². The Balaban J connectivity index is 4.05. The number of ether oxygens (including phenoxy) is 2. The van der Waals surface area contributed by atoms with Crippen molar-refractivity contribution in [1.29, 1.82) is 0 Å². The highest BCUT2D eigenvalue weighted by molar-refractivity contribution is 6.28. The molecular formula is C4HClF6O2. The van der Waals surface area contributed by atoms with Crippen molar-refractivity contribution in [2.75, 3.05) is 0 Å². The second-order valence-corrected chi connectivity index (χ2v) is 1.91. The van der Waals surface area contributed by atoms with Crippen molar-refractivity contribution in [2.45, 2.75) is 12.7 Å². The summed E-state index contributed by atoms with van der Waals surface area (Å²) in [6.07, 6.45) is -10.7. The molecule has 0 radical (unpaired) electrons. The molecule has 0 aliphatic heterocycles. The first-order chi connectivity index (χ1) is 5.60. The van der Waals surface area contributed by atoms with Gasteiger partial charge in [0, 0.05) is 0 Å². The van der Waals surface area contributed by atoms with Crippen molar-refractivity contribution in [3.63, 3.8) is 0 Å². The smallest absolute Gasteiger partial charge is 0.409 e. The van der Waals surface area contributed by atoms with Crippen molar-refractivity contribution >= 4 is 11.6 Å². The highest BCUT2D eigenvalue weighted by atomic mass is 35.5. The summed E-state index contributed by atoms with van der Waals surface area (Å²) in [5.41, 5.74) is 0. The van der Waals surface area contributed by atoms with Crippen LogP contribution in [0.1, 0.15) is 0 Å². The zero-order chi connectivity index (χ0) is 10.7. The van der Waals surface area contributed by atoms with Crippen LogP contribution in [0, 0.1) is 0 Å². The van der Waals surface area contributed by atoms with Crippen LogP contribution in [0.25, 0.3) is 0 Å². The minimum Gasteiger partial charge on any atom is -0.409 e. The van der Waals surface area contributed by atoms with Crippen LogP contribution in [0.3, 0.4) is 0 Å². The van der Waals surface area contributed by atoms with Gasteiger partial charge in [-0.15, -0.1) is 26.3 Å². The fraction of sp³-hybridized carbons (Fsp3) is 0.500. The topological polar surface area (TPSA) is 18.5 Å². The number of hydrogen-bond acceptors (Lipinski definition) is 2. The van der Waals surface area contributed by atoms with Gasteiger partial charge in [-0.1, -0.05) is 0 Å². The molecule has 2 nitrogen and oxygen atoms in total. The summed E-state index contributed by atoms with van der Waals surface area (Å²) >= 11 is 4.57. The molecule has 0 heterocycles. The Morgan fingerprint density at radius 2 is 1.46 bits per heavy atom. The van der Waals surface area contributed by atoms with Gasteiger partial charge in [0.15, 0.2) is 0 Å². The van der Waals surface area contributed by atoms with Crippen LogP contribution in [0.4, 0.5) is 26.3 Å². The van der Waals surface area contributed by atoms with E-state index < -0.39 is 24.2 Å². The highest BCUT2D eigenvalue weighted by Gasteiger charge is 2.33. The molecule has 0 aromatic heterocycles. The van der Waals surface area contributed by atoms with Crippen molar-refractivity contribution in [3.05, 3.63) is 11.5 Å². The molecule has 0 amide bonds. The van der Waals surface area contributed by atoms with Gasteiger partial charge >= 0.3 is 12.7 Å². The van der Waals surface area contributed by atoms with Crippen LogP contribution in [0.2, 0.25) is 0 Å². The van der Waals surface area contributed by atoms with Gasteiger partial charge in [-0.05, 0) is 11.6 Å². The lowest BCUT2D eigenvalue weighted by Crippen LogP contribution is -2.13. The summed E-state index contributed by atoms with van der Waals surface area (Å²) in [6, 6.07) is 0. The molecule has 0 aliphatic carbocycles. The summed E-state index contributed by atoms with van der Waals surface area (Å²) in [7, 11) is 0. The van der Waals surface area contributed by atoms with Crippen molar-refractivity contribution in [2.24, 2.45) is 0 Å². The molecule has 0 bridgehead atoms. The van der Waals surface area contributed by atoms with E-state index in [4.69, 9.17) is 0 Å². The van der Waals surface area contributed by atoms with E-state index in [-0.39, 0.29) is 0 Å². The average molecular weight is 230 g/mol. The fourth-order valence-electron chi connectivity index (χ4n) is 0.248. The number of alkyl halides is 6. The maximum atomic E-state index is 11.2. The van der Waals surface area contributed by atoms with E-state index in [1.165, 1.54) is 0 Å². The van der Waals surface area contributed by atoms with Gasteiger partial charge in [0.1, 0.15) is 6.26 Å². The normalized spacial score (nSPS) is 14.2. The molecule has 0 rings (SSSR count). The van der Waals surface area contributed by atoms with E-state index in [0.29, 0.717) is 0 Å². The van der Waals surface area contributed by atoms with Gasteiger partial charge in [0.2, 0.25) is 5.22 Å². The van der Waals surface area contributed by atoms with E-state index in [0.717, 1.165) is 0 Å². The van der Waals surface area contributed by atoms with Gasteiger partial charge in [-0.2, -0.15) is 0 Å². The summed E-state index contributed by atoms with van der Waals surface area (Å²) in [5, 5.41) is -1.56. The Morgan fingerprint density at radius 1 is 1.00 bits per heavy atom. The number of halogens is 7. The van der Waals surface area contributed by atoms with Crippen LogP contribution < -0.4 is 0 Å². The van der Waals surface area contributed by atoms with E-state index >= 15 is 0 Å². The van der Waals surface area contributed by atoms with Crippen LogP contribution in [0.5, 0.6) is 0 Å². The lowest BCUT2D eigenvalue weighted by Gasteiger charge is -2.08. The summed E-state index contributed by atoms with van der Waals surface area (Å²) in [4.78, 5) is 0. The third-order valence-electron chi connectivity index (χ3n) is 0.498. The summed E-state index contributed by atoms with van der Waals surface area (Å²) in [6.45, 7) is 0. The molecule has 0 saturated carbocycles. The molecular weight excluding hydrogens is 229 g/mol. The molecule has 9 heteroatoms. The molecule has 0 unspecified atom stereocenters. The molecule has 0 atom stereocenters. The second kappa shape index (κ2) is 3.95. The first-order valence-corrected chi connectivity index (χ1v) is 2.84. The lowest BCUT2D eigenvalue weighted by atomic mass is 11.0. The zero-order valence-electron chi connectivity index (χ0n) is 5.54. The Morgan fingerprint density at radius 3 is 1.77 bits per heavy atom. The molecule has 0 fully saturated rings. The van der Waals surface area contributed by atoms with E-state index in [9.17, 15) is 26.3 Å². The number of rotatable bonds is 2. The minimum atomic E-state index is -5.15. The van der Waals surface area contributed by atoms with Crippen molar-refractivity contribution in [3.8, 4) is 0 Å². The number of hydrogen-bond donors (Lipinski definition) is 0. The highest BCUT2D eigenvalue weighted by Crippen LogP contribution is 2.24. The van der Waals surface area contributed by atoms with Crippen LogP contribution in [-0.4, -0.2) is 12.7 Å². The molecule has 0 spiro atoms. The Kier molecular flexibility index (Phi) is 3.71. The monoisotopic (exact) mass is 230 g/mol. The fourth-order valence-corrected chi connectivity index (χ4v) is 0.380. The Bertz CT molecular complexity index is 194. The standard InChI is InChI=1S/C4HClF6O2/c5-2(13-4(9,10)11)1-12-3(6,7)8/h1H/b2-1+. The third kappa shape index (κ3) is 9.12. The van der Waals surface area contributed by atoms with E-state index in [2.05, 4.69) is 21.1 Å². The Hall–Kier alpha value is -0.790. The van der Waals surface area contributed by atoms with E-state index in [1.54, 1.807) is 0 Å². The van der Waals surface area contributed by atoms with Crippen LogP contribution in [0.15, 0.2) is 11.5 Å². The minimum absolute atomic E-state index is 0.408. The predicted octanol–water partition coefficient (Wildman–Crippen LogP) is 3.10. The SMILES string of the molecule is FC(F)(F)O/C=C(\Cl)OC(F)(F)F. The van der Waals surface area contributed by atoms with Gasteiger partial charge < -0.3 is 9.47 Å². The second-order valence-electron chi connectivity index (χ2n) is 1.53. The molecule has 78 valence electrons. The maximum absolute atomic E-state index is 11.2. The summed E-state index contributed by atoms with van der Waals surface area (Å²) in [5.74, 6) is 0. The molecule has 0 aromatic rings. The van der Waals surface area contributed by atoms with Crippen molar-refractivity contribution < 1.29 is 35.8 Å². The average Bonchev–Trinajstić information content (AvgIpc) is 1.78. The molecule has 0 saturated heterocycles.